The Morgan fingerprint density at radius 3 is 2.44 bits per heavy atom. The first-order valence-corrected chi connectivity index (χ1v) is 5.29. The van der Waals surface area contributed by atoms with Gasteiger partial charge in [-0.1, -0.05) is 30.3 Å². The molecule has 0 fully saturated rings. The third-order valence-corrected chi connectivity index (χ3v) is 2.51. The molecule has 0 heterocycles. The summed E-state index contributed by atoms with van der Waals surface area (Å²) >= 11 is 0. The molecule has 1 atom stereocenters. The molecule has 0 aliphatic rings. The van der Waals surface area contributed by atoms with Crippen molar-refractivity contribution in [1.82, 2.24) is 4.90 Å². The van der Waals surface area contributed by atoms with Crippen LogP contribution in [0.15, 0.2) is 30.3 Å². The van der Waals surface area contributed by atoms with Crippen molar-refractivity contribution in [3.05, 3.63) is 35.9 Å². The van der Waals surface area contributed by atoms with Crippen molar-refractivity contribution in [1.29, 1.82) is 10.5 Å². The summed E-state index contributed by atoms with van der Waals surface area (Å²) < 4.78 is 0. The van der Waals surface area contributed by atoms with Crippen LogP contribution in [0, 0.1) is 22.7 Å². The Bertz CT molecular complexity index is 386. The van der Waals surface area contributed by atoms with Gasteiger partial charge in [0.15, 0.2) is 0 Å². The quantitative estimate of drug-likeness (QED) is 0.705. The number of benzene rings is 1. The van der Waals surface area contributed by atoms with E-state index in [0.717, 1.165) is 6.54 Å². The van der Waals surface area contributed by atoms with Crippen LogP contribution in [-0.4, -0.2) is 17.5 Å². The van der Waals surface area contributed by atoms with Crippen LogP contribution >= 0.6 is 0 Å². The molecule has 0 aliphatic heterocycles. The highest BCUT2D eigenvalue weighted by Gasteiger charge is 2.13. The lowest BCUT2D eigenvalue weighted by Crippen LogP contribution is -2.32. The van der Waals surface area contributed by atoms with Crippen molar-refractivity contribution >= 4 is 0 Å². The van der Waals surface area contributed by atoms with Gasteiger partial charge in [-0.05, 0) is 12.5 Å². The van der Waals surface area contributed by atoms with Crippen molar-refractivity contribution in [2.45, 2.75) is 25.9 Å². The van der Waals surface area contributed by atoms with E-state index in [4.69, 9.17) is 10.5 Å². The van der Waals surface area contributed by atoms with Gasteiger partial charge in [0, 0.05) is 12.6 Å². The zero-order chi connectivity index (χ0) is 11.8. The van der Waals surface area contributed by atoms with Crippen LogP contribution in [0.2, 0.25) is 0 Å². The van der Waals surface area contributed by atoms with E-state index < -0.39 is 0 Å². The smallest absolute Gasteiger partial charge is 0.0871 e. The maximum atomic E-state index is 8.76. The highest BCUT2D eigenvalue weighted by molar-refractivity contribution is 5.14. The molecule has 0 unspecified atom stereocenters. The van der Waals surface area contributed by atoms with Gasteiger partial charge in [-0.3, -0.25) is 4.90 Å². The van der Waals surface area contributed by atoms with Crippen LogP contribution in [0.1, 0.15) is 18.9 Å². The van der Waals surface area contributed by atoms with E-state index in [2.05, 4.69) is 12.1 Å². The topological polar surface area (TPSA) is 50.8 Å². The molecule has 1 aromatic carbocycles. The van der Waals surface area contributed by atoms with Crippen LogP contribution in [-0.2, 0) is 6.54 Å². The van der Waals surface area contributed by atoms with Gasteiger partial charge in [-0.15, -0.1) is 0 Å². The molecule has 0 saturated carbocycles. The molecule has 0 aliphatic carbocycles. The zero-order valence-electron chi connectivity index (χ0n) is 9.43. The van der Waals surface area contributed by atoms with E-state index in [0.29, 0.717) is 13.0 Å². The molecular weight excluding hydrogens is 198 g/mol. The molecule has 3 heteroatoms. The zero-order valence-corrected chi connectivity index (χ0v) is 9.43. The summed E-state index contributed by atoms with van der Waals surface area (Å²) in [6.45, 7) is 3.05. The molecule has 1 rings (SSSR count). The van der Waals surface area contributed by atoms with Crippen LogP contribution < -0.4 is 0 Å². The number of rotatable bonds is 5. The SMILES string of the molecule is C[C@@H](CC#N)N(CC#N)Cc1ccccc1. The minimum absolute atomic E-state index is 0.116. The molecule has 0 bridgehead atoms. The van der Waals surface area contributed by atoms with Gasteiger partial charge in [0.1, 0.15) is 0 Å². The normalized spacial score (nSPS) is 11.8. The van der Waals surface area contributed by atoms with Gasteiger partial charge in [-0.25, -0.2) is 0 Å². The standard InChI is InChI=1S/C13H15N3/c1-12(7-8-14)16(10-9-15)11-13-5-3-2-4-6-13/h2-6,12H,7,10-11H2,1H3/t12-/m0/s1. The molecule has 16 heavy (non-hydrogen) atoms. The average molecular weight is 213 g/mol. The van der Waals surface area contributed by atoms with E-state index >= 15 is 0 Å². The molecule has 0 saturated heterocycles. The predicted octanol–water partition coefficient (Wildman–Crippen LogP) is 2.31. The maximum Gasteiger partial charge on any atom is 0.0871 e. The molecular formula is C13H15N3. The average Bonchev–Trinajstić information content (AvgIpc) is 2.30. The van der Waals surface area contributed by atoms with Gasteiger partial charge < -0.3 is 0 Å². The molecule has 3 nitrogen and oxygen atoms in total. The summed E-state index contributed by atoms with van der Waals surface area (Å²) in [4.78, 5) is 2.01. The summed E-state index contributed by atoms with van der Waals surface area (Å²) in [5, 5.41) is 17.4. The second-order valence-electron chi connectivity index (χ2n) is 3.76. The summed E-state index contributed by atoms with van der Waals surface area (Å²) in [5.74, 6) is 0. The summed E-state index contributed by atoms with van der Waals surface area (Å²) in [5.41, 5.74) is 1.17. The van der Waals surface area contributed by atoms with Crippen molar-refractivity contribution in [2.24, 2.45) is 0 Å². The Labute approximate surface area is 96.5 Å². The first-order valence-electron chi connectivity index (χ1n) is 5.29. The Hall–Kier alpha value is -1.84. The molecule has 0 N–H and O–H groups in total. The van der Waals surface area contributed by atoms with E-state index in [-0.39, 0.29) is 6.04 Å². The van der Waals surface area contributed by atoms with Crippen LogP contribution in [0.3, 0.4) is 0 Å². The summed E-state index contributed by atoms with van der Waals surface area (Å²) in [6.07, 6.45) is 0.453. The fourth-order valence-electron chi connectivity index (χ4n) is 1.54. The van der Waals surface area contributed by atoms with E-state index in [1.54, 1.807) is 0 Å². The third-order valence-electron chi connectivity index (χ3n) is 2.51. The first-order chi connectivity index (χ1) is 7.77. The first kappa shape index (κ1) is 12.2. The van der Waals surface area contributed by atoms with E-state index in [1.807, 2.05) is 42.2 Å². The van der Waals surface area contributed by atoms with Gasteiger partial charge in [-0.2, -0.15) is 10.5 Å². The molecule has 82 valence electrons. The minimum Gasteiger partial charge on any atom is -0.283 e. The van der Waals surface area contributed by atoms with Crippen molar-refractivity contribution in [2.75, 3.05) is 6.54 Å². The largest absolute Gasteiger partial charge is 0.283 e. The highest BCUT2D eigenvalue weighted by Crippen LogP contribution is 2.09. The summed E-state index contributed by atoms with van der Waals surface area (Å²) in [7, 11) is 0. The van der Waals surface area contributed by atoms with Crippen LogP contribution in [0.4, 0.5) is 0 Å². The predicted molar refractivity (Wildman–Crippen MR) is 62.2 cm³/mol. The third kappa shape index (κ3) is 3.73. The van der Waals surface area contributed by atoms with E-state index in [9.17, 15) is 0 Å². The fraction of sp³-hybridized carbons (Fsp3) is 0.385. The lowest BCUT2D eigenvalue weighted by molar-refractivity contribution is 0.228. The Morgan fingerprint density at radius 1 is 1.19 bits per heavy atom. The monoisotopic (exact) mass is 213 g/mol. The second-order valence-corrected chi connectivity index (χ2v) is 3.76. The lowest BCUT2D eigenvalue weighted by atomic mass is 10.1. The number of hydrogen-bond acceptors (Lipinski definition) is 3. The van der Waals surface area contributed by atoms with Gasteiger partial charge in [0.05, 0.1) is 25.1 Å². The van der Waals surface area contributed by atoms with Crippen molar-refractivity contribution < 1.29 is 0 Å². The maximum absolute atomic E-state index is 8.76. The Balaban J connectivity index is 2.66. The second kappa shape index (κ2) is 6.61. The number of nitriles is 2. The number of nitrogens with zero attached hydrogens (tertiary/aromatic N) is 3. The summed E-state index contributed by atoms with van der Waals surface area (Å²) in [6, 6.07) is 14.4. The van der Waals surface area contributed by atoms with Gasteiger partial charge in [0.25, 0.3) is 0 Å². The van der Waals surface area contributed by atoms with Crippen LogP contribution in [0.5, 0.6) is 0 Å². The van der Waals surface area contributed by atoms with Gasteiger partial charge in [0.2, 0.25) is 0 Å². The molecule has 0 spiro atoms. The highest BCUT2D eigenvalue weighted by atomic mass is 15.1. The molecule has 0 radical (unpaired) electrons. The molecule has 1 aromatic rings. The van der Waals surface area contributed by atoms with Crippen molar-refractivity contribution in [3.63, 3.8) is 0 Å². The van der Waals surface area contributed by atoms with Crippen molar-refractivity contribution in [3.8, 4) is 12.1 Å². The molecule has 0 aromatic heterocycles. The van der Waals surface area contributed by atoms with Gasteiger partial charge >= 0.3 is 0 Å². The minimum atomic E-state index is 0.116. The molecule has 0 amide bonds. The number of hydrogen-bond donors (Lipinski definition) is 0. The van der Waals surface area contributed by atoms with Crippen LogP contribution in [0.25, 0.3) is 0 Å². The lowest BCUT2D eigenvalue weighted by Gasteiger charge is -2.24. The van der Waals surface area contributed by atoms with E-state index in [1.165, 1.54) is 5.56 Å². The Morgan fingerprint density at radius 2 is 1.88 bits per heavy atom. The fourth-order valence-corrected chi connectivity index (χ4v) is 1.54. The Kier molecular flexibility index (Phi) is 5.05.